The van der Waals surface area contributed by atoms with Gasteiger partial charge < -0.3 is 19.3 Å². The molecule has 2 fully saturated rings. The molecule has 5 rings (SSSR count). The number of nitrogens with zero attached hydrogens (tertiary/aromatic N) is 2. The Bertz CT molecular complexity index is 1230. The summed E-state index contributed by atoms with van der Waals surface area (Å²) in [5.41, 5.74) is -0.202. The van der Waals surface area contributed by atoms with Crippen molar-refractivity contribution in [1.82, 2.24) is 14.5 Å². The lowest BCUT2D eigenvalue weighted by Crippen LogP contribution is -2.39. The predicted molar refractivity (Wildman–Crippen MR) is 116 cm³/mol. The van der Waals surface area contributed by atoms with Gasteiger partial charge in [0.1, 0.15) is 18.3 Å². The zero-order chi connectivity index (χ0) is 24.2. The summed E-state index contributed by atoms with van der Waals surface area (Å²) < 4.78 is 18.8. The number of carbonyl (C=O) groups is 2. The summed E-state index contributed by atoms with van der Waals surface area (Å²) >= 11 is 0. The fraction of sp³-hybridized carbons (Fsp3) is 0.478. The second-order valence-corrected chi connectivity index (χ2v) is 9.04. The number of fused-ring (bicyclic) bond motifs is 2. The van der Waals surface area contributed by atoms with Gasteiger partial charge >= 0.3 is 5.69 Å². The van der Waals surface area contributed by atoms with Crippen molar-refractivity contribution in [3.05, 3.63) is 68.0 Å². The van der Waals surface area contributed by atoms with Gasteiger partial charge in [0.15, 0.2) is 12.0 Å². The van der Waals surface area contributed by atoms with Crippen LogP contribution in [0.15, 0.2) is 40.1 Å². The highest BCUT2D eigenvalue weighted by molar-refractivity contribution is 6.21. The summed E-state index contributed by atoms with van der Waals surface area (Å²) in [6, 6.07) is 6.63. The smallest absolute Gasteiger partial charge is 0.330 e. The van der Waals surface area contributed by atoms with Crippen molar-refractivity contribution in [2.45, 2.75) is 57.0 Å². The molecule has 34 heavy (non-hydrogen) atoms. The van der Waals surface area contributed by atoms with E-state index in [0.29, 0.717) is 23.1 Å². The van der Waals surface area contributed by atoms with E-state index >= 15 is 0 Å². The Balaban J connectivity index is 1.33. The van der Waals surface area contributed by atoms with Crippen LogP contribution in [0.2, 0.25) is 0 Å². The van der Waals surface area contributed by atoms with Crippen molar-refractivity contribution in [3.63, 3.8) is 0 Å². The van der Waals surface area contributed by atoms with Crippen LogP contribution in [0, 0.1) is 0 Å². The van der Waals surface area contributed by atoms with Gasteiger partial charge in [-0.05, 0) is 38.8 Å². The van der Waals surface area contributed by atoms with Gasteiger partial charge in [-0.2, -0.15) is 0 Å². The molecular weight excluding hydrogens is 446 g/mol. The lowest BCUT2D eigenvalue weighted by atomic mass is 10.1. The Labute approximate surface area is 193 Å². The quantitative estimate of drug-likeness (QED) is 0.569. The third-order valence-corrected chi connectivity index (χ3v) is 6.33. The van der Waals surface area contributed by atoms with Crippen LogP contribution in [0.25, 0.3) is 0 Å². The monoisotopic (exact) mass is 471 g/mol. The molecule has 2 amide bonds. The van der Waals surface area contributed by atoms with Crippen molar-refractivity contribution in [2.75, 3.05) is 13.2 Å². The number of hydrogen-bond acceptors (Lipinski definition) is 8. The molecule has 3 aliphatic heterocycles. The Morgan fingerprint density at radius 3 is 2.32 bits per heavy atom. The molecule has 11 nitrogen and oxygen atoms in total. The van der Waals surface area contributed by atoms with Crippen molar-refractivity contribution >= 4 is 11.8 Å². The molecule has 1 aromatic carbocycles. The third-order valence-electron chi connectivity index (χ3n) is 6.33. The highest BCUT2D eigenvalue weighted by Gasteiger charge is 2.56. The molecule has 0 radical (unpaired) electrons. The lowest BCUT2D eigenvalue weighted by molar-refractivity contribution is -0.200. The summed E-state index contributed by atoms with van der Waals surface area (Å²) in [6.45, 7) is 3.28. The molecule has 4 heterocycles. The molecule has 1 aromatic heterocycles. The minimum atomic E-state index is -0.911. The maximum atomic E-state index is 12.6. The number of aliphatic hydroxyl groups is 1. The van der Waals surface area contributed by atoms with E-state index in [1.54, 1.807) is 38.1 Å². The number of rotatable bonds is 6. The molecule has 0 saturated carbocycles. The zero-order valence-electron chi connectivity index (χ0n) is 18.7. The molecule has 4 atom stereocenters. The van der Waals surface area contributed by atoms with Gasteiger partial charge in [0, 0.05) is 18.3 Å². The molecule has 1 unspecified atom stereocenters. The van der Waals surface area contributed by atoms with Crippen LogP contribution in [0.1, 0.15) is 52.8 Å². The van der Waals surface area contributed by atoms with E-state index in [2.05, 4.69) is 4.98 Å². The van der Waals surface area contributed by atoms with Crippen LogP contribution < -0.4 is 11.2 Å². The van der Waals surface area contributed by atoms with E-state index < -0.39 is 41.6 Å². The summed E-state index contributed by atoms with van der Waals surface area (Å²) in [6.07, 6.45) is -0.856. The number of nitrogens with one attached hydrogen (secondary N) is 1. The van der Waals surface area contributed by atoms with Crippen LogP contribution in [0.5, 0.6) is 0 Å². The van der Waals surface area contributed by atoms with Gasteiger partial charge in [-0.3, -0.25) is 28.8 Å². The number of amides is 2. The maximum Gasteiger partial charge on any atom is 0.330 e. The van der Waals surface area contributed by atoms with Crippen molar-refractivity contribution < 1.29 is 28.9 Å². The Hall–Kier alpha value is -3.12. The first-order valence-electron chi connectivity index (χ1n) is 11.1. The van der Waals surface area contributed by atoms with Gasteiger partial charge in [0.25, 0.3) is 17.4 Å². The maximum absolute atomic E-state index is 12.6. The number of imide groups is 1. The lowest BCUT2D eigenvalue weighted by Gasteiger charge is -2.24. The number of hydrogen-bond donors (Lipinski definition) is 2. The molecule has 180 valence electrons. The molecule has 2 N–H and O–H groups in total. The fourth-order valence-corrected chi connectivity index (χ4v) is 4.79. The van der Waals surface area contributed by atoms with Crippen molar-refractivity contribution in [3.8, 4) is 0 Å². The molecule has 0 aliphatic carbocycles. The van der Waals surface area contributed by atoms with E-state index in [-0.39, 0.29) is 31.4 Å². The second-order valence-electron chi connectivity index (χ2n) is 9.04. The van der Waals surface area contributed by atoms with Gasteiger partial charge in [-0.1, -0.05) is 12.1 Å². The molecule has 2 aromatic rings. The van der Waals surface area contributed by atoms with Gasteiger partial charge in [0.05, 0.1) is 17.7 Å². The third kappa shape index (κ3) is 3.70. The van der Waals surface area contributed by atoms with Crippen LogP contribution in [-0.4, -0.2) is 68.6 Å². The van der Waals surface area contributed by atoms with Crippen molar-refractivity contribution in [1.29, 1.82) is 0 Å². The number of H-pyrrole nitrogens is 1. The highest BCUT2D eigenvalue weighted by Crippen LogP contribution is 2.42. The van der Waals surface area contributed by atoms with E-state index in [4.69, 9.17) is 14.2 Å². The number of aryl methyl sites for hydroxylation is 1. The molecule has 3 aliphatic rings. The van der Waals surface area contributed by atoms with Gasteiger partial charge in [0.2, 0.25) is 0 Å². The average Bonchev–Trinajstić information content (AvgIpc) is 3.37. The van der Waals surface area contributed by atoms with Crippen LogP contribution >= 0.6 is 0 Å². The topological polar surface area (TPSA) is 140 Å². The first kappa shape index (κ1) is 22.7. The van der Waals surface area contributed by atoms with E-state index in [1.807, 2.05) is 0 Å². The first-order valence-corrected chi connectivity index (χ1v) is 11.1. The summed E-state index contributed by atoms with van der Waals surface area (Å²) in [5, 5.41) is 9.68. The number of aromatic amines is 1. The number of aliphatic hydroxyl groups excluding tert-OH is 1. The first-order chi connectivity index (χ1) is 16.2. The second kappa shape index (κ2) is 8.27. The zero-order valence-corrected chi connectivity index (χ0v) is 18.7. The van der Waals surface area contributed by atoms with E-state index in [0.717, 1.165) is 4.90 Å². The fourth-order valence-electron chi connectivity index (χ4n) is 4.79. The van der Waals surface area contributed by atoms with Crippen molar-refractivity contribution in [2.24, 2.45) is 0 Å². The Kier molecular flexibility index (Phi) is 5.52. The largest absolute Gasteiger partial charge is 0.394 e. The normalized spacial score (nSPS) is 27.3. The average molecular weight is 471 g/mol. The van der Waals surface area contributed by atoms with Gasteiger partial charge in [-0.25, -0.2) is 4.79 Å². The Morgan fingerprint density at radius 2 is 1.68 bits per heavy atom. The summed E-state index contributed by atoms with van der Waals surface area (Å²) in [5.74, 6) is -1.63. The minimum Gasteiger partial charge on any atom is -0.394 e. The standard InChI is InChI=1S/C23H25N3O8/c1-23(2)33-16-15(11-27)32-21(17(16)34-23)26-10-12(18(28)24-22(26)31)6-5-9-25-19(29)13-7-3-4-8-14(13)20(25)30/h3-4,7-8,10,15-17,21,27H,5-6,9,11H2,1-2H3,(H,24,28,31)/t15-,16?,17+,21-/m1/s1. The molecule has 0 spiro atoms. The summed E-state index contributed by atoms with van der Waals surface area (Å²) in [7, 11) is 0. The number of benzene rings is 1. The van der Waals surface area contributed by atoms with Crippen LogP contribution in [-0.2, 0) is 20.6 Å². The molecule has 11 heteroatoms. The Morgan fingerprint density at radius 1 is 1.03 bits per heavy atom. The van der Waals surface area contributed by atoms with Gasteiger partial charge in [-0.15, -0.1) is 0 Å². The predicted octanol–water partition coefficient (Wildman–Crippen LogP) is 0.175. The molecular formula is C23H25N3O8. The number of carbonyl (C=O) groups excluding carboxylic acids is 2. The molecule has 0 bridgehead atoms. The summed E-state index contributed by atoms with van der Waals surface area (Å²) in [4.78, 5) is 53.6. The van der Waals surface area contributed by atoms with E-state index in [1.165, 1.54) is 10.8 Å². The van der Waals surface area contributed by atoms with Crippen LogP contribution in [0.4, 0.5) is 0 Å². The SMILES string of the molecule is CC1(C)OC2[C@@H](CO)O[C@@H](n3cc(CCCN4C(=O)c5ccccc5C4=O)c(=O)[nH]c3=O)[C@H]2O1. The van der Waals surface area contributed by atoms with E-state index in [9.17, 15) is 24.3 Å². The molecule has 2 saturated heterocycles. The van der Waals surface area contributed by atoms with Crippen LogP contribution in [0.3, 0.4) is 0 Å². The minimum absolute atomic E-state index is 0.132. The highest BCUT2D eigenvalue weighted by atomic mass is 16.8. The number of ether oxygens (including phenoxy) is 3. The number of aromatic nitrogens is 2.